The summed E-state index contributed by atoms with van der Waals surface area (Å²) in [5.41, 5.74) is 1.45. The van der Waals surface area contributed by atoms with E-state index in [1.807, 2.05) is 24.3 Å². The molecule has 3 amide bonds. The molecule has 2 aromatic rings. The summed E-state index contributed by atoms with van der Waals surface area (Å²) < 4.78 is 10.2. The molecule has 1 heterocycles. The van der Waals surface area contributed by atoms with Crippen molar-refractivity contribution in [3.05, 3.63) is 48.5 Å². The predicted octanol–water partition coefficient (Wildman–Crippen LogP) is 2.58. The fraction of sp³-hybridized carbons (Fsp3) is 0.263. The first kappa shape index (κ1) is 17.6. The molecule has 1 aliphatic rings. The molecule has 1 N–H and O–H groups in total. The number of hydrogen-bond donors (Lipinski definition) is 1. The Morgan fingerprint density at radius 2 is 1.54 bits per heavy atom. The lowest BCUT2D eigenvalue weighted by molar-refractivity contribution is -0.116. The summed E-state index contributed by atoms with van der Waals surface area (Å²) >= 11 is 0. The van der Waals surface area contributed by atoms with Gasteiger partial charge in [-0.15, -0.1) is 0 Å². The first-order chi connectivity index (χ1) is 12.6. The lowest BCUT2D eigenvalue weighted by Gasteiger charge is -2.18. The van der Waals surface area contributed by atoms with Crippen LogP contribution in [-0.4, -0.2) is 50.7 Å². The van der Waals surface area contributed by atoms with Crippen LogP contribution in [0.1, 0.15) is 0 Å². The molecule has 1 fully saturated rings. The summed E-state index contributed by atoms with van der Waals surface area (Å²) in [4.78, 5) is 28.0. The van der Waals surface area contributed by atoms with Crippen molar-refractivity contribution < 1.29 is 19.1 Å². The van der Waals surface area contributed by atoms with Gasteiger partial charge in [0.2, 0.25) is 5.91 Å². The summed E-state index contributed by atoms with van der Waals surface area (Å²) in [5.74, 6) is 1.21. The number of carbonyl (C=O) groups excluding carboxylic acids is 2. The summed E-state index contributed by atoms with van der Waals surface area (Å²) in [6, 6.07) is 14.1. The molecule has 2 aromatic carbocycles. The van der Waals surface area contributed by atoms with Crippen molar-refractivity contribution in [1.29, 1.82) is 0 Å². The molecule has 0 radical (unpaired) electrons. The molecule has 0 bridgehead atoms. The number of nitrogens with one attached hydrogen (secondary N) is 1. The third kappa shape index (κ3) is 3.88. The molecule has 26 heavy (non-hydrogen) atoms. The van der Waals surface area contributed by atoms with Gasteiger partial charge in [-0.3, -0.25) is 9.69 Å². The molecule has 0 aliphatic carbocycles. The second-order valence-electron chi connectivity index (χ2n) is 5.83. The van der Waals surface area contributed by atoms with E-state index in [2.05, 4.69) is 5.32 Å². The van der Waals surface area contributed by atoms with Crippen molar-refractivity contribution in [3.63, 3.8) is 0 Å². The Morgan fingerprint density at radius 3 is 2.12 bits per heavy atom. The molecule has 7 nitrogen and oxygen atoms in total. The van der Waals surface area contributed by atoms with E-state index in [1.165, 1.54) is 4.90 Å². The smallest absolute Gasteiger partial charge is 0.325 e. The van der Waals surface area contributed by atoms with Crippen LogP contribution in [0, 0.1) is 0 Å². The lowest BCUT2D eigenvalue weighted by Crippen LogP contribution is -2.37. The highest BCUT2D eigenvalue weighted by Gasteiger charge is 2.30. The molecule has 1 saturated heterocycles. The van der Waals surface area contributed by atoms with Crippen LogP contribution < -0.4 is 19.7 Å². The Labute approximate surface area is 152 Å². The average molecular weight is 355 g/mol. The van der Waals surface area contributed by atoms with Crippen LogP contribution in [0.4, 0.5) is 16.2 Å². The van der Waals surface area contributed by atoms with Gasteiger partial charge in [0.05, 0.1) is 14.2 Å². The summed E-state index contributed by atoms with van der Waals surface area (Å²) in [7, 11) is 3.18. The maximum atomic E-state index is 12.6. The molecule has 0 spiro atoms. The molecule has 1 aliphatic heterocycles. The van der Waals surface area contributed by atoms with E-state index in [9.17, 15) is 9.59 Å². The Bertz CT molecular complexity index is 774. The molecule has 0 aromatic heterocycles. The zero-order valence-electron chi connectivity index (χ0n) is 14.8. The zero-order valence-corrected chi connectivity index (χ0v) is 14.8. The van der Waals surface area contributed by atoms with Gasteiger partial charge in [0.1, 0.15) is 18.0 Å². The zero-order chi connectivity index (χ0) is 18.5. The van der Waals surface area contributed by atoms with E-state index >= 15 is 0 Å². The standard InChI is InChI=1S/C19H21N3O4/c1-25-16-7-3-14(4-8-16)20-18(23)13-21-11-12-22(19(21)24)15-5-9-17(26-2)10-6-15/h3-10H,11-13H2,1-2H3,(H,20,23). The molecule has 3 rings (SSSR count). The van der Waals surface area contributed by atoms with Gasteiger partial charge in [0.15, 0.2) is 0 Å². The summed E-state index contributed by atoms with van der Waals surface area (Å²) in [6.07, 6.45) is 0. The lowest BCUT2D eigenvalue weighted by atomic mass is 10.3. The number of hydrogen-bond acceptors (Lipinski definition) is 4. The molecule has 136 valence electrons. The molecular formula is C19H21N3O4. The number of ether oxygens (including phenoxy) is 2. The number of rotatable bonds is 6. The van der Waals surface area contributed by atoms with Crippen molar-refractivity contribution >= 4 is 23.3 Å². The maximum Gasteiger partial charge on any atom is 0.325 e. The Kier molecular flexibility index (Phi) is 5.26. The van der Waals surface area contributed by atoms with E-state index in [0.29, 0.717) is 24.5 Å². The minimum atomic E-state index is -0.236. The van der Waals surface area contributed by atoms with Crippen molar-refractivity contribution in [1.82, 2.24) is 4.90 Å². The second-order valence-corrected chi connectivity index (χ2v) is 5.83. The Hall–Kier alpha value is -3.22. The Balaban J connectivity index is 1.58. The highest BCUT2D eigenvalue weighted by molar-refractivity contribution is 5.99. The van der Waals surface area contributed by atoms with Gasteiger partial charge in [-0.25, -0.2) is 4.79 Å². The number of anilines is 2. The highest BCUT2D eigenvalue weighted by atomic mass is 16.5. The number of amides is 3. The van der Waals surface area contributed by atoms with Gasteiger partial charge in [-0.05, 0) is 48.5 Å². The molecule has 0 unspecified atom stereocenters. The minimum Gasteiger partial charge on any atom is -0.497 e. The van der Waals surface area contributed by atoms with E-state index in [0.717, 1.165) is 11.4 Å². The molecule has 0 atom stereocenters. The third-order valence-corrected chi connectivity index (χ3v) is 4.19. The van der Waals surface area contributed by atoms with Crippen LogP contribution in [-0.2, 0) is 4.79 Å². The molecule has 0 saturated carbocycles. The largest absolute Gasteiger partial charge is 0.497 e. The van der Waals surface area contributed by atoms with Gasteiger partial charge >= 0.3 is 6.03 Å². The van der Waals surface area contributed by atoms with Gasteiger partial charge in [0, 0.05) is 24.5 Å². The third-order valence-electron chi connectivity index (χ3n) is 4.19. The van der Waals surface area contributed by atoms with Crippen molar-refractivity contribution in [2.45, 2.75) is 0 Å². The highest BCUT2D eigenvalue weighted by Crippen LogP contribution is 2.23. The van der Waals surface area contributed by atoms with Crippen molar-refractivity contribution in [2.75, 3.05) is 44.1 Å². The van der Waals surface area contributed by atoms with Crippen LogP contribution >= 0.6 is 0 Å². The SMILES string of the molecule is COc1ccc(NC(=O)CN2CCN(c3ccc(OC)cc3)C2=O)cc1. The van der Waals surface area contributed by atoms with E-state index in [4.69, 9.17) is 9.47 Å². The van der Waals surface area contributed by atoms with E-state index < -0.39 is 0 Å². The Morgan fingerprint density at radius 1 is 0.962 bits per heavy atom. The van der Waals surface area contributed by atoms with E-state index in [1.54, 1.807) is 43.4 Å². The summed E-state index contributed by atoms with van der Waals surface area (Å²) in [6.45, 7) is 1.05. The number of nitrogens with zero attached hydrogens (tertiary/aromatic N) is 2. The van der Waals surface area contributed by atoms with Crippen LogP contribution in [0.2, 0.25) is 0 Å². The van der Waals surface area contributed by atoms with Crippen LogP contribution in [0.25, 0.3) is 0 Å². The second kappa shape index (κ2) is 7.77. The summed E-state index contributed by atoms with van der Waals surface area (Å²) in [5, 5.41) is 2.79. The number of methoxy groups -OCH3 is 2. The quantitative estimate of drug-likeness (QED) is 0.865. The number of urea groups is 1. The van der Waals surface area contributed by atoms with Crippen molar-refractivity contribution in [2.24, 2.45) is 0 Å². The normalized spacial score (nSPS) is 13.7. The van der Waals surface area contributed by atoms with Crippen LogP contribution in [0.3, 0.4) is 0 Å². The molecular weight excluding hydrogens is 334 g/mol. The first-order valence-electron chi connectivity index (χ1n) is 8.25. The monoisotopic (exact) mass is 355 g/mol. The molecule has 7 heteroatoms. The van der Waals surface area contributed by atoms with Gasteiger partial charge in [-0.1, -0.05) is 0 Å². The predicted molar refractivity (Wildman–Crippen MR) is 98.9 cm³/mol. The topological polar surface area (TPSA) is 71.1 Å². The number of benzene rings is 2. The van der Waals surface area contributed by atoms with Gasteiger partial charge in [-0.2, -0.15) is 0 Å². The van der Waals surface area contributed by atoms with Crippen molar-refractivity contribution in [3.8, 4) is 11.5 Å². The fourth-order valence-corrected chi connectivity index (χ4v) is 2.78. The number of carbonyl (C=O) groups is 2. The first-order valence-corrected chi connectivity index (χ1v) is 8.25. The van der Waals surface area contributed by atoms with Gasteiger partial charge < -0.3 is 19.7 Å². The van der Waals surface area contributed by atoms with Crippen LogP contribution in [0.5, 0.6) is 11.5 Å². The average Bonchev–Trinajstić information content (AvgIpc) is 3.02. The minimum absolute atomic E-state index is 0.0114. The fourth-order valence-electron chi connectivity index (χ4n) is 2.78. The van der Waals surface area contributed by atoms with Gasteiger partial charge in [0.25, 0.3) is 0 Å². The maximum absolute atomic E-state index is 12.6. The van der Waals surface area contributed by atoms with Crippen LogP contribution in [0.15, 0.2) is 48.5 Å². The van der Waals surface area contributed by atoms with E-state index in [-0.39, 0.29) is 18.5 Å².